The number of carbonyl (C=O) groups is 1. The Bertz CT molecular complexity index is 472. The van der Waals surface area contributed by atoms with E-state index < -0.39 is 0 Å². The van der Waals surface area contributed by atoms with Gasteiger partial charge in [0.1, 0.15) is 5.82 Å². The molecule has 0 unspecified atom stereocenters. The van der Waals surface area contributed by atoms with Crippen LogP contribution in [0.25, 0.3) is 0 Å². The van der Waals surface area contributed by atoms with Gasteiger partial charge in [-0.05, 0) is 25.8 Å². The van der Waals surface area contributed by atoms with Crippen LogP contribution in [0.1, 0.15) is 19.2 Å². The molecular weight excluding hydrogens is 298 g/mol. The molecule has 6 nitrogen and oxygen atoms in total. The number of hydrogen-bond donors (Lipinski definition) is 1. The third-order valence-electron chi connectivity index (χ3n) is 4.03. The SMILES string of the molecule is CS[C@H](C)CNC(=O)N1CC[C@@H](N(C)Cc2ncccn2)C1. The van der Waals surface area contributed by atoms with Crippen molar-refractivity contribution in [1.29, 1.82) is 0 Å². The summed E-state index contributed by atoms with van der Waals surface area (Å²) in [5.41, 5.74) is 0. The molecule has 0 saturated carbocycles. The van der Waals surface area contributed by atoms with E-state index in [0.717, 1.165) is 31.9 Å². The molecule has 1 N–H and O–H groups in total. The molecule has 7 heteroatoms. The highest BCUT2D eigenvalue weighted by atomic mass is 32.2. The number of thioether (sulfide) groups is 1. The zero-order valence-corrected chi connectivity index (χ0v) is 14.3. The zero-order chi connectivity index (χ0) is 15.9. The lowest BCUT2D eigenvalue weighted by Crippen LogP contribution is -2.42. The maximum Gasteiger partial charge on any atom is 0.317 e. The molecule has 1 aromatic heterocycles. The van der Waals surface area contributed by atoms with Crippen molar-refractivity contribution in [3.63, 3.8) is 0 Å². The highest BCUT2D eigenvalue weighted by Crippen LogP contribution is 2.16. The Morgan fingerprint density at radius 2 is 2.27 bits per heavy atom. The first-order valence-electron chi connectivity index (χ1n) is 7.62. The van der Waals surface area contributed by atoms with Gasteiger partial charge >= 0.3 is 6.03 Å². The van der Waals surface area contributed by atoms with Crippen molar-refractivity contribution in [3.05, 3.63) is 24.3 Å². The predicted octanol–water partition coefficient (Wildman–Crippen LogP) is 1.44. The molecule has 1 aliphatic rings. The second-order valence-electron chi connectivity index (χ2n) is 5.70. The summed E-state index contributed by atoms with van der Waals surface area (Å²) in [4.78, 5) is 24.8. The Balaban J connectivity index is 1.78. The van der Waals surface area contributed by atoms with E-state index in [2.05, 4.69) is 40.4 Å². The van der Waals surface area contributed by atoms with E-state index in [1.807, 2.05) is 11.0 Å². The third-order valence-corrected chi connectivity index (χ3v) is 5.00. The Hall–Kier alpha value is -1.34. The second-order valence-corrected chi connectivity index (χ2v) is 6.98. The van der Waals surface area contributed by atoms with Crippen molar-refractivity contribution in [3.8, 4) is 0 Å². The minimum Gasteiger partial charge on any atom is -0.337 e. The van der Waals surface area contributed by atoms with Crippen molar-refractivity contribution in [1.82, 2.24) is 25.1 Å². The first-order valence-corrected chi connectivity index (χ1v) is 8.90. The van der Waals surface area contributed by atoms with Crippen LogP contribution in [0.4, 0.5) is 4.79 Å². The van der Waals surface area contributed by atoms with Crippen molar-refractivity contribution in [2.24, 2.45) is 0 Å². The molecule has 0 aromatic carbocycles. The van der Waals surface area contributed by atoms with Gasteiger partial charge in [-0.3, -0.25) is 4.90 Å². The lowest BCUT2D eigenvalue weighted by atomic mass is 10.2. The van der Waals surface area contributed by atoms with Gasteiger partial charge < -0.3 is 10.2 Å². The molecule has 122 valence electrons. The number of nitrogens with zero attached hydrogens (tertiary/aromatic N) is 4. The summed E-state index contributed by atoms with van der Waals surface area (Å²) < 4.78 is 0. The first-order chi connectivity index (χ1) is 10.6. The summed E-state index contributed by atoms with van der Waals surface area (Å²) >= 11 is 1.76. The molecular formula is C15H25N5OS. The number of carbonyl (C=O) groups excluding carboxylic acids is 1. The minimum absolute atomic E-state index is 0.0489. The zero-order valence-electron chi connectivity index (χ0n) is 13.5. The van der Waals surface area contributed by atoms with Gasteiger partial charge in [-0.15, -0.1) is 0 Å². The molecule has 2 heterocycles. The first kappa shape index (κ1) is 17.0. The number of urea groups is 1. The topological polar surface area (TPSA) is 61.4 Å². The summed E-state index contributed by atoms with van der Waals surface area (Å²) in [5, 5.41) is 3.45. The molecule has 1 aromatic rings. The quantitative estimate of drug-likeness (QED) is 0.858. The fourth-order valence-corrected chi connectivity index (χ4v) is 2.73. The van der Waals surface area contributed by atoms with Crippen LogP contribution < -0.4 is 5.32 Å². The van der Waals surface area contributed by atoms with Crippen LogP contribution in [-0.4, -0.2) is 70.0 Å². The molecule has 1 aliphatic heterocycles. The molecule has 0 radical (unpaired) electrons. The van der Waals surface area contributed by atoms with E-state index in [-0.39, 0.29) is 6.03 Å². The monoisotopic (exact) mass is 323 g/mol. The van der Waals surface area contributed by atoms with Crippen LogP contribution in [0.2, 0.25) is 0 Å². The molecule has 0 spiro atoms. The van der Waals surface area contributed by atoms with Crippen LogP contribution in [0.15, 0.2) is 18.5 Å². The van der Waals surface area contributed by atoms with Crippen LogP contribution in [0.5, 0.6) is 0 Å². The number of aromatic nitrogens is 2. The van der Waals surface area contributed by atoms with Gasteiger partial charge in [-0.25, -0.2) is 14.8 Å². The van der Waals surface area contributed by atoms with Crippen molar-refractivity contribution >= 4 is 17.8 Å². The molecule has 22 heavy (non-hydrogen) atoms. The maximum absolute atomic E-state index is 12.2. The number of hydrogen-bond acceptors (Lipinski definition) is 5. The summed E-state index contributed by atoms with van der Waals surface area (Å²) in [6.07, 6.45) is 6.58. The lowest BCUT2D eigenvalue weighted by Gasteiger charge is -2.24. The van der Waals surface area contributed by atoms with Gasteiger partial charge in [0.2, 0.25) is 0 Å². The fourth-order valence-electron chi connectivity index (χ4n) is 2.48. The van der Waals surface area contributed by atoms with Crippen molar-refractivity contribution < 1.29 is 4.79 Å². The van der Waals surface area contributed by atoms with E-state index in [1.165, 1.54) is 0 Å². The summed E-state index contributed by atoms with van der Waals surface area (Å²) in [7, 11) is 2.07. The van der Waals surface area contributed by atoms with Crippen LogP contribution >= 0.6 is 11.8 Å². The number of amides is 2. The van der Waals surface area contributed by atoms with E-state index in [9.17, 15) is 4.79 Å². The largest absolute Gasteiger partial charge is 0.337 e. The molecule has 2 amide bonds. The summed E-state index contributed by atoms with van der Waals surface area (Å²) in [5.74, 6) is 0.821. The standard InChI is InChI=1S/C15H25N5OS/c1-12(22-3)9-18-15(21)20-8-5-13(10-20)19(2)11-14-16-6-4-7-17-14/h4,6-7,12-13H,5,8-11H2,1-3H3,(H,18,21)/t12-,13-/m1/s1. The van der Waals surface area contributed by atoms with Crippen molar-refractivity contribution in [2.75, 3.05) is 32.9 Å². The fraction of sp³-hybridized carbons (Fsp3) is 0.667. The molecule has 2 rings (SSSR count). The highest BCUT2D eigenvalue weighted by molar-refractivity contribution is 7.99. The van der Waals surface area contributed by atoms with Gasteiger partial charge in [-0.2, -0.15) is 11.8 Å². The normalized spacial score (nSPS) is 19.5. The minimum atomic E-state index is 0.0489. The number of nitrogens with one attached hydrogen (secondary N) is 1. The van der Waals surface area contributed by atoms with Crippen LogP contribution in [0, 0.1) is 0 Å². The van der Waals surface area contributed by atoms with Gasteiger partial charge in [0.05, 0.1) is 6.54 Å². The van der Waals surface area contributed by atoms with Gasteiger partial charge in [0.15, 0.2) is 0 Å². The average Bonchev–Trinajstić information content (AvgIpc) is 3.03. The van der Waals surface area contributed by atoms with Crippen LogP contribution in [-0.2, 0) is 6.54 Å². The average molecular weight is 323 g/mol. The van der Waals surface area contributed by atoms with E-state index in [4.69, 9.17) is 0 Å². The predicted molar refractivity (Wildman–Crippen MR) is 89.9 cm³/mol. The van der Waals surface area contributed by atoms with Gasteiger partial charge in [-0.1, -0.05) is 6.92 Å². The Labute approximate surface area is 136 Å². The summed E-state index contributed by atoms with van der Waals surface area (Å²) in [6, 6.07) is 2.24. The summed E-state index contributed by atoms with van der Waals surface area (Å²) in [6.45, 7) is 5.12. The Kier molecular flexibility index (Phi) is 6.45. The Morgan fingerprint density at radius 1 is 1.55 bits per heavy atom. The number of likely N-dealkylation sites (N-methyl/N-ethyl adjacent to an activating group) is 1. The van der Waals surface area contributed by atoms with Crippen molar-refractivity contribution in [2.45, 2.75) is 31.2 Å². The highest BCUT2D eigenvalue weighted by Gasteiger charge is 2.29. The van der Waals surface area contributed by atoms with E-state index >= 15 is 0 Å². The smallest absolute Gasteiger partial charge is 0.317 e. The van der Waals surface area contributed by atoms with E-state index in [0.29, 0.717) is 17.8 Å². The Morgan fingerprint density at radius 3 is 2.95 bits per heavy atom. The van der Waals surface area contributed by atoms with Gasteiger partial charge in [0, 0.05) is 43.3 Å². The molecule has 0 aliphatic carbocycles. The number of rotatable bonds is 6. The maximum atomic E-state index is 12.2. The number of likely N-dealkylation sites (tertiary alicyclic amines) is 1. The van der Waals surface area contributed by atoms with E-state index in [1.54, 1.807) is 24.2 Å². The molecule has 0 bridgehead atoms. The molecule has 1 fully saturated rings. The molecule has 1 saturated heterocycles. The second kappa shape index (κ2) is 8.33. The van der Waals surface area contributed by atoms with Gasteiger partial charge in [0.25, 0.3) is 0 Å². The molecule has 2 atom stereocenters. The lowest BCUT2D eigenvalue weighted by molar-refractivity contribution is 0.196. The third kappa shape index (κ3) is 4.84. The van der Waals surface area contributed by atoms with Crippen LogP contribution in [0.3, 0.4) is 0 Å².